The quantitative estimate of drug-likeness (QED) is 0.729. The highest BCUT2D eigenvalue weighted by atomic mass is 15.1. The van der Waals surface area contributed by atoms with Crippen molar-refractivity contribution in [2.75, 3.05) is 0 Å². The van der Waals surface area contributed by atoms with Gasteiger partial charge in [0.05, 0.1) is 17.6 Å². The van der Waals surface area contributed by atoms with E-state index in [1.807, 2.05) is 31.3 Å². The minimum absolute atomic E-state index is 0.740. The second-order valence-electron chi connectivity index (χ2n) is 4.26. The smallest absolute Gasteiger partial charge is 0.123 e. The van der Waals surface area contributed by atoms with Crippen LogP contribution in [0.15, 0.2) is 36.5 Å². The fraction of sp³-hybridized carbons (Fsp3) is 0.231. The van der Waals surface area contributed by atoms with Gasteiger partial charge in [0, 0.05) is 25.5 Å². The summed E-state index contributed by atoms with van der Waals surface area (Å²) in [6.45, 7) is 1.51. The largest absolute Gasteiger partial charge is 0.330 e. The third-order valence-electron chi connectivity index (χ3n) is 3.04. The minimum Gasteiger partial charge on any atom is -0.330 e. The van der Waals surface area contributed by atoms with Gasteiger partial charge in [-0.15, -0.1) is 0 Å². The van der Waals surface area contributed by atoms with Crippen molar-refractivity contribution in [1.82, 2.24) is 25.1 Å². The number of rotatable bonds is 4. The number of benzene rings is 1. The van der Waals surface area contributed by atoms with Crippen molar-refractivity contribution in [2.24, 2.45) is 7.05 Å². The SMILES string of the molecule is Cn1c(CNCc2ccn[nH]2)nc2ccccc21. The molecule has 0 fully saturated rings. The van der Waals surface area contributed by atoms with Crippen LogP contribution in [0.4, 0.5) is 0 Å². The molecule has 0 saturated carbocycles. The first kappa shape index (κ1) is 11.0. The molecule has 0 saturated heterocycles. The van der Waals surface area contributed by atoms with Crippen LogP contribution in [0.25, 0.3) is 11.0 Å². The monoisotopic (exact) mass is 241 g/mol. The van der Waals surface area contributed by atoms with Gasteiger partial charge < -0.3 is 9.88 Å². The van der Waals surface area contributed by atoms with Gasteiger partial charge in [-0.2, -0.15) is 5.10 Å². The lowest BCUT2D eigenvalue weighted by Gasteiger charge is -2.03. The molecule has 2 aromatic heterocycles. The maximum atomic E-state index is 4.61. The average molecular weight is 241 g/mol. The second kappa shape index (κ2) is 4.62. The minimum atomic E-state index is 0.740. The highest BCUT2D eigenvalue weighted by Gasteiger charge is 2.06. The van der Waals surface area contributed by atoms with Gasteiger partial charge in [-0.05, 0) is 18.2 Å². The Hall–Kier alpha value is -2.14. The number of aryl methyl sites for hydroxylation is 1. The van der Waals surface area contributed by atoms with Gasteiger partial charge in [-0.1, -0.05) is 12.1 Å². The van der Waals surface area contributed by atoms with Gasteiger partial charge in [0.2, 0.25) is 0 Å². The van der Waals surface area contributed by atoms with Crippen LogP contribution in [0, 0.1) is 0 Å². The predicted molar refractivity (Wildman–Crippen MR) is 69.8 cm³/mol. The molecule has 0 spiro atoms. The molecule has 18 heavy (non-hydrogen) atoms. The number of fused-ring (bicyclic) bond motifs is 1. The van der Waals surface area contributed by atoms with Gasteiger partial charge in [0.15, 0.2) is 0 Å². The van der Waals surface area contributed by atoms with E-state index in [4.69, 9.17) is 0 Å². The molecular weight excluding hydrogens is 226 g/mol. The number of hydrogen-bond acceptors (Lipinski definition) is 3. The van der Waals surface area contributed by atoms with Gasteiger partial charge in [0.1, 0.15) is 5.82 Å². The molecule has 0 atom stereocenters. The van der Waals surface area contributed by atoms with Crippen molar-refractivity contribution in [3.8, 4) is 0 Å². The van der Waals surface area contributed by atoms with Crippen molar-refractivity contribution in [2.45, 2.75) is 13.1 Å². The normalized spacial score (nSPS) is 11.2. The molecule has 0 unspecified atom stereocenters. The van der Waals surface area contributed by atoms with E-state index in [0.717, 1.165) is 35.6 Å². The summed E-state index contributed by atoms with van der Waals surface area (Å²) in [5.41, 5.74) is 3.28. The van der Waals surface area contributed by atoms with E-state index in [9.17, 15) is 0 Å². The van der Waals surface area contributed by atoms with Crippen LogP contribution >= 0.6 is 0 Å². The number of aromatic nitrogens is 4. The Labute approximate surface area is 105 Å². The van der Waals surface area contributed by atoms with Gasteiger partial charge >= 0.3 is 0 Å². The van der Waals surface area contributed by atoms with E-state index >= 15 is 0 Å². The highest BCUT2D eigenvalue weighted by Crippen LogP contribution is 2.13. The van der Waals surface area contributed by atoms with Crippen LogP contribution in [-0.2, 0) is 20.1 Å². The first-order valence-corrected chi connectivity index (χ1v) is 5.94. The summed E-state index contributed by atoms with van der Waals surface area (Å²) in [4.78, 5) is 4.61. The lowest BCUT2D eigenvalue weighted by Crippen LogP contribution is -2.16. The Balaban J connectivity index is 1.73. The summed E-state index contributed by atoms with van der Waals surface area (Å²) < 4.78 is 2.12. The first-order valence-electron chi connectivity index (χ1n) is 5.94. The average Bonchev–Trinajstić information content (AvgIpc) is 3.00. The van der Waals surface area contributed by atoms with E-state index in [-0.39, 0.29) is 0 Å². The lowest BCUT2D eigenvalue weighted by molar-refractivity contribution is 0.633. The van der Waals surface area contributed by atoms with Crippen molar-refractivity contribution in [3.63, 3.8) is 0 Å². The maximum Gasteiger partial charge on any atom is 0.123 e. The van der Waals surface area contributed by atoms with Gasteiger partial charge in [0.25, 0.3) is 0 Å². The summed E-state index contributed by atoms with van der Waals surface area (Å²) >= 11 is 0. The number of hydrogen-bond donors (Lipinski definition) is 2. The topological polar surface area (TPSA) is 58.5 Å². The lowest BCUT2D eigenvalue weighted by atomic mass is 10.3. The summed E-state index contributed by atoms with van der Waals surface area (Å²) in [6, 6.07) is 10.1. The van der Waals surface area contributed by atoms with Crippen molar-refractivity contribution in [1.29, 1.82) is 0 Å². The van der Waals surface area contributed by atoms with E-state index < -0.39 is 0 Å². The zero-order valence-electron chi connectivity index (χ0n) is 10.2. The summed E-state index contributed by atoms with van der Waals surface area (Å²) in [5, 5.41) is 10.2. The molecule has 0 aliphatic rings. The molecule has 0 bridgehead atoms. The van der Waals surface area contributed by atoms with Crippen LogP contribution in [0.5, 0.6) is 0 Å². The van der Waals surface area contributed by atoms with Gasteiger partial charge in [-0.25, -0.2) is 4.98 Å². The molecule has 0 amide bonds. The van der Waals surface area contributed by atoms with Crippen LogP contribution < -0.4 is 5.32 Å². The van der Waals surface area contributed by atoms with Crippen molar-refractivity contribution < 1.29 is 0 Å². The third-order valence-corrected chi connectivity index (χ3v) is 3.04. The Morgan fingerprint density at radius 1 is 1.22 bits per heavy atom. The molecule has 92 valence electrons. The van der Waals surface area contributed by atoms with E-state index in [1.54, 1.807) is 6.20 Å². The Morgan fingerprint density at radius 3 is 2.89 bits per heavy atom. The van der Waals surface area contributed by atoms with Crippen LogP contribution in [0.2, 0.25) is 0 Å². The number of H-pyrrole nitrogens is 1. The molecule has 0 aliphatic heterocycles. The highest BCUT2D eigenvalue weighted by molar-refractivity contribution is 5.75. The third kappa shape index (κ3) is 2.00. The molecule has 3 aromatic rings. The number of nitrogens with zero attached hydrogens (tertiary/aromatic N) is 3. The van der Waals surface area contributed by atoms with Crippen LogP contribution in [0.3, 0.4) is 0 Å². The summed E-state index contributed by atoms with van der Waals surface area (Å²) in [6.07, 6.45) is 1.76. The Bertz CT molecular complexity index is 639. The summed E-state index contributed by atoms with van der Waals surface area (Å²) in [7, 11) is 2.04. The molecule has 0 radical (unpaired) electrons. The van der Waals surface area contributed by atoms with E-state index in [0.29, 0.717) is 0 Å². The standard InChI is InChI=1S/C13H15N5/c1-18-12-5-3-2-4-11(12)16-13(18)9-14-8-10-6-7-15-17-10/h2-7,14H,8-9H2,1H3,(H,15,17). The van der Waals surface area contributed by atoms with Crippen molar-refractivity contribution in [3.05, 3.63) is 48.0 Å². The number of imidazole rings is 1. The van der Waals surface area contributed by atoms with E-state index in [2.05, 4.69) is 31.1 Å². The maximum absolute atomic E-state index is 4.61. The first-order chi connectivity index (χ1) is 8.84. The summed E-state index contributed by atoms with van der Waals surface area (Å²) in [5.74, 6) is 1.04. The Kier molecular flexibility index (Phi) is 2.82. The molecule has 2 heterocycles. The number of para-hydroxylation sites is 2. The predicted octanol–water partition coefficient (Wildman–Crippen LogP) is 1.59. The van der Waals surface area contributed by atoms with Crippen LogP contribution in [-0.4, -0.2) is 19.7 Å². The fourth-order valence-electron chi connectivity index (χ4n) is 2.05. The number of aromatic amines is 1. The molecule has 2 N–H and O–H groups in total. The van der Waals surface area contributed by atoms with E-state index in [1.165, 1.54) is 0 Å². The molecule has 5 heteroatoms. The molecule has 3 rings (SSSR count). The molecule has 5 nitrogen and oxygen atoms in total. The molecule has 0 aliphatic carbocycles. The zero-order valence-corrected chi connectivity index (χ0v) is 10.2. The fourth-order valence-corrected chi connectivity index (χ4v) is 2.05. The van der Waals surface area contributed by atoms with Crippen molar-refractivity contribution >= 4 is 11.0 Å². The molecular formula is C13H15N5. The zero-order chi connectivity index (χ0) is 12.4. The van der Waals surface area contributed by atoms with Gasteiger partial charge in [-0.3, -0.25) is 5.10 Å². The second-order valence-corrected chi connectivity index (χ2v) is 4.26. The number of nitrogens with one attached hydrogen (secondary N) is 2. The van der Waals surface area contributed by atoms with Crippen LogP contribution in [0.1, 0.15) is 11.5 Å². The molecule has 1 aromatic carbocycles. The Morgan fingerprint density at radius 2 is 2.11 bits per heavy atom.